The zero-order valence-electron chi connectivity index (χ0n) is 13.3. The van der Waals surface area contributed by atoms with Gasteiger partial charge in [-0.2, -0.15) is 5.10 Å². The second kappa shape index (κ2) is 4.95. The van der Waals surface area contributed by atoms with E-state index >= 15 is 0 Å². The summed E-state index contributed by atoms with van der Waals surface area (Å²) < 4.78 is 4.37. The van der Waals surface area contributed by atoms with Crippen LogP contribution in [0.5, 0.6) is 0 Å². The monoisotopic (exact) mass is 295 g/mol. The van der Waals surface area contributed by atoms with Gasteiger partial charge in [0.05, 0.1) is 29.3 Å². The molecule has 114 valence electrons. The maximum Gasteiger partial charge on any atom is 0.123 e. The van der Waals surface area contributed by atoms with Crippen molar-refractivity contribution in [1.82, 2.24) is 24.2 Å². The van der Waals surface area contributed by atoms with Gasteiger partial charge in [-0.05, 0) is 32.0 Å². The summed E-state index contributed by atoms with van der Waals surface area (Å²) >= 11 is 0. The zero-order valence-corrected chi connectivity index (χ0v) is 13.3. The standard InChI is InChI=1S/C17H21N5/c1-12-8-13(2)22(19-12)14-9-21(10-14)11-17-18-15-6-4-5-7-16(15)20(17)3/h4-8,14H,9-11H2,1-3H3. The second-order valence-electron chi connectivity index (χ2n) is 6.30. The van der Waals surface area contributed by atoms with Gasteiger partial charge in [-0.25, -0.2) is 4.98 Å². The van der Waals surface area contributed by atoms with Gasteiger partial charge in [0.15, 0.2) is 0 Å². The zero-order chi connectivity index (χ0) is 15.3. The van der Waals surface area contributed by atoms with Crippen molar-refractivity contribution in [2.24, 2.45) is 7.05 Å². The normalized spacial score (nSPS) is 16.3. The molecule has 5 heteroatoms. The van der Waals surface area contributed by atoms with Gasteiger partial charge >= 0.3 is 0 Å². The molecule has 3 aromatic rings. The molecular weight excluding hydrogens is 274 g/mol. The summed E-state index contributed by atoms with van der Waals surface area (Å²) in [6, 6.07) is 11.0. The number of hydrogen-bond acceptors (Lipinski definition) is 3. The number of para-hydroxylation sites is 2. The molecule has 1 aromatic carbocycles. The number of rotatable bonds is 3. The summed E-state index contributed by atoms with van der Waals surface area (Å²) in [7, 11) is 2.10. The summed E-state index contributed by atoms with van der Waals surface area (Å²) in [6.45, 7) is 7.19. The van der Waals surface area contributed by atoms with Crippen LogP contribution in [-0.2, 0) is 13.6 Å². The molecule has 22 heavy (non-hydrogen) atoms. The number of nitrogens with zero attached hydrogens (tertiary/aromatic N) is 5. The summed E-state index contributed by atoms with van der Waals surface area (Å²) in [6.07, 6.45) is 0. The van der Waals surface area contributed by atoms with Gasteiger partial charge in [0.2, 0.25) is 0 Å². The van der Waals surface area contributed by atoms with Gasteiger partial charge < -0.3 is 4.57 Å². The quantitative estimate of drug-likeness (QED) is 0.745. The van der Waals surface area contributed by atoms with Crippen LogP contribution in [0, 0.1) is 13.8 Å². The smallest absolute Gasteiger partial charge is 0.123 e. The highest BCUT2D eigenvalue weighted by atomic mass is 15.4. The van der Waals surface area contributed by atoms with Gasteiger partial charge in [-0.3, -0.25) is 9.58 Å². The lowest BCUT2D eigenvalue weighted by atomic mass is 10.1. The first-order valence-electron chi connectivity index (χ1n) is 7.77. The minimum atomic E-state index is 0.503. The fourth-order valence-electron chi connectivity index (χ4n) is 3.38. The summed E-state index contributed by atoms with van der Waals surface area (Å²) in [5.41, 5.74) is 4.64. The Morgan fingerprint density at radius 1 is 1.18 bits per heavy atom. The van der Waals surface area contributed by atoms with Crippen molar-refractivity contribution in [2.45, 2.75) is 26.4 Å². The number of benzene rings is 1. The number of aryl methyl sites for hydroxylation is 3. The Hall–Kier alpha value is -2.14. The molecule has 0 spiro atoms. The molecule has 1 aliphatic heterocycles. The lowest BCUT2D eigenvalue weighted by Gasteiger charge is -2.39. The minimum Gasteiger partial charge on any atom is -0.330 e. The fourth-order valence-corrected chi connectivity index (χ4v) is 3.38. The molecule has 0 radical (unpaired) electrons. The van der Waals surface area contributed by atoms with Crippen LogP contribution in [0.4, 0.5) is 0 Å². The summed E-state index contributed by atoms with van der Waals surface area (Å²) in [5.74, 6) is 1.13. The van der Waals surface area contributed by atoms with Crippen LogP contribution in [0.3, 0.4) is 0 Å². The van der Waals surface area contributed by atoms with Gasteiger partial charge in [0, 0.05) is 25.8 Å². The van der Waals surface area contributed by atoms with Crippen LogP contribution in [0.2, 0.25) is 0 Å². The molecule has 0 N–H and O–H groups in total. The van der Waals surface area contributed by atoms with E-state index in [1.54, 1.807) is 0 Å². The molecule has 2 aromatic heterocycles. The number of imidazole rings is 1. The predicted molar refractivity (Wildman–Crippen MR) is 86.7 cm³/mol. The highest BCUT2D eigenvalue weighted by Gasteiger charge is 2.30. The van der Waals surface area contributed by atoms with Gasteiger partial charge in [-0.1, -0.05) is 12.1 Å². The van der Waals surface area contributed by atoms with Crippen LogP contribution in [0.15, 0.2) is 30.3 Å². The van der Waals surface area contributed by atoms with Crippen LogP contribution in [0.25, 0.3) is 11.0 Å². The van der Waals surface area contributed by atoms with E-state index in [0.29, 0.717) is 6.04 Å². The molecule has 0 bridgehead atoms. The Morgan fingerprint density at radius 2 is 1.95 bits per heavy atom. The van der Waals surface area contributed by atoms with E-state index in [-0.39, 0.29) is 0 Å². The number of aromatic nitrogens is 4. The molecule has 3 heterocycles. The van der Waals surface area contributed by atoms with E-state index in [2.05, 4.69) is 64.4 Å². The first-order chi connectivity index (χ1) is 10.6. The molecule has 1 saturated heterocycles. The molecule has 0 saturated carbocycles. The Morgan fingerprint density at radius 3 is 2.64 bits per heavy atom. The van der Waals surface area contributed by atoms with E-state index < -0.39 is 0 Å². The molecule has 0 aliphatic carbocycles. The maximum atomic E-state index is 4.75. The van der Waals surface area contributed by atoms with E-state index in [9.17, 15) is 0 Å². The molecule has 4 rings (SSSR count). The summed E-state index contributed by atoms with van der Waals surface area (Å²) in [5, 5.41) is 4.60. The van der Waals surface area contributed by atoms with Crippen molar-refractivity contribution in [1.29, 1.82) is 0 Å². The SMILES string of the molecule is Cc1cc(C)n(C2CN(Cc3nc4ccccc4n3C)C2)n1. The van der Waals surface area contributed by atoms with Gasteiger partial charge in [0.1, 0.15) is 5.82 Å². The van der Waals surface area contributed by atoms with Gasteiger partial charge in [0.25, 0.3) is 0 Å². The van der Waals surface area contributed by atoms with Gasteiger partial charge in [-0.15, -0.1) is 0 Å². The van der Waals surface area contributed by atoms with Crippen molar-refractivity contribution in [3.63, 3.8) is 0 Å². The van der Waals surface area contributed by atoms with Crippen LogP contribution < -0.4 is 0 Å². The lowest BCUT2D eigenvalue weighted by molar-refractivity contribution is 0.0858. The average Bonchev–Trinajstić information content (AvgIpc) is 2.94. The molecule has 0 amide bonds. The van der Waals surface area contributed by atoms with Crippen molar-refractivity contribution >= 4 is 11.0 Å². The second-order valence-corrected chi connectivity index (χ2v) is 6.30. The third-order valence-corrected chi connectivity index (χ3v) is 4.57. The Balaban J connectivity index is 1.47. The highest BCUT2D eigenvalue weighted by molar-refractivity contribution is 5.75. The Kier molecular flexibility index (Phi) is 3.04. The predicted octanol–water partition coefficient (Wildman–Crippen LogP) is 2.44. The van der Waals surface area contributed by atoms with Crippen LogP contribution >= 0.6 is 0 Å². The van der Waals surface area contributed by atoms with E-state index in [1.807, 2.05) is 6.07 Å². The Bertz CT molecular complexity index is 823. The van der Waals surface area contributed by atoms with E-state index in [1.165, 1.54) is 11.2 Å². The van der Waals surface area contributed by atoms with Crippen molar-refractivity contribution in [2.75, 3.05) is 13.1 Å². The fraction of sp³-hybridized carbons (Fsp3) is 0.412. The Labute approximate surface area is 130 Å². The maximum absolute atomic E-state index is 4.75. The topological polar surface area (TPSA) is 38.9 Å². The molecular formula is C17H21N5. The van der Waals surface area contributed by atoms with Crippen molar-refractivity contribution in [3.8, 4) is 0 Å². The molecule has 5 nitrogen and oxygen atoms in total. The first kappa shape index (κ1) is 13.5. The molecule has 1 fully saturated rings. The van der Waals surface area contributed by atoms with Crippen molar-refractivity contribution in [3.05, 3.63) is 47.5 Å². The third-order valence-electron chi connectivity index (χ3n) is 4.57. The molecule has 0 atom stereocenters. The number of fused-ring (bicyclic) bond motifs is 1. The van der Waals surface area contributed by atoms with E-state index in [4.69, 9.17) is 4.98 Å². The third kappa shape index (κ3) is 2.13. The number of likely N-dealkylation sites (tertiary alicyclic amines) is 1. The minimum absolute atomic E-state index is 0.503. The largest absolute Gasteiger partial charge is 0.330 e. The van der Waals surface area contributed by atoms with Crippen molar-refractivity contribution < 1.29 is 0 Å². The van der Waals surface area contributed by atoms with E-state index in [0.717, 1.165) is 36.7 Å². The van der Waals surface area contributed by atoms with Crippen LogP contribution in [-0.4, -0.2) is 37.3 Å². The average molecular weight is 295 g/mol. The number of hydrogen-bond donors (Lipinski definition) is 0. The van der Waals surface area contributed by atoms with Crippen LogP contribution in [0.1, 0.15) is 23.3 Å². The lowest BCUT2D eigenvalue weighted by Crippen LogP contribution is -2.47. The molecule has 0 unspecified atom stereocenters. The highest BCUT2D eigenvalue weighted by Crippen LogP contribution is 2.25. The molecule has 1 aliphatic rings. The summed E-state index contributed by atoms with van der Waals surface area (Å²) in [4.78, 5) is 7.19. The first-order valence-corrected chi connectivity index (χ1v) is 7.77.